The summed E-state index contributed by atoms with van der Waals surface area (Å²) < 4.78 is 5.91. The van der Waals surface area contributed by atoms with Crippen molar-refractivity contribution in [3.63, 3.8) is 0 Å². The number of benzene rings is 2. The molecular formula is C25H34N2O3. The SMILES string of the molecule is CCC(C(=O)NC(C)C)N(Cc1ccccc1)C(=O)COc1cc(C)cc(C)c1C. The Morgan fingerprint density at radius 1 is 1.07 bits per heavy atom. The number of carbonyl (C=O) groups excluding carboxylic acids is 2. The van der Waals surface area contributed by atoms with Crippen molar-refractivity contribution in [2.75, 3.05) is 6.61 Å². The van der Waals surface area contributed by atoms with E-state index in [1.807, 2.05) is 77.9 Å². The van der Waals surface area contributed by atoms with Gasteiger partial charge in [0, 0.05) is 12.6 Å². The number of hydrogen-bond donors (Lipinski definition) is 1. The minimum atomic E-state index is -0.552. The van der Waals surface area contributed by atoms with Gasteiger partial charge in [0.2, 0.25) is 5.91 Å². The fourth-order valence-electron chi connectivity index (χ4n) is 3.45. The summed E-state index contributed by atoms with van der Waals surface area (Å²) in [5, 5.41) is 2.94. The molecule has 0 aliphatic rings. The summed E-state index contributed by atoms with van der Waals surface area (Å²) in [7, 11) is 0. The van der Waals surface area contributed by atoms with Crippen molar-refractivity contribution in [3.8, 4) is 5.75 Å². The predicted molar refractivity (Wildman–Crippen MR) is 120 cm³/mol. The summed E-state index contributed by atoms with van der Waals surface area (Å²) in [6.45, 7) is 12.0. The Bertz CT molecular complexity index is 862. The number of amides is 2. The fraction of sp³-hybridized carbons (Fsp3) is 0.440. The number of nitrogens with one attached hydrogen (secondary N) is 1. The van der Waals surface area contributed by atoms with Crippen LogP contribution in [0.1, 0.15) is 49.4 Å². The number of ether oxygens (including phenoxy) is 1. The molecule has 0 saturated carbocycles. The van der Waals surface area contributed by atoms with Gasteiger partial charge in [0.15, 0.2) is 6.61 Å². The van der Waals surface area contributed by atoms with Crippen molar-refractivity contribution in [1.29, 1.82) is 0 Å². The van der Waals surface area contributed by atoms with Gasteiger partial charge in [0.25, 0.3) is 5.91 Å². The van der Waals surface area contributed by atoms with Gasteiger partial charge in [-0.2, -0.15) is 0 Å². The minimum absolute atomic E-state index is 0.00870. The predicted octanol–water partition coefficient (Wildman–Crippen LogP) is 4.32. The number of hydrogen-bond acceptors (Lipinski definition) is 3. The Hall–Kier alpha value is -2.82. The van der Waals surface area contributed by atoms with Crippen LogP contribution in [0.2, 0.25) is 0 Å². The van der Waals surface area contributed by atoms with Gasteiger partial charge < -0.3 is 15.0 Å². The zero-order valence-electron chi connectivity index (χ0n) is 19.0. The van der Waals surface area contributed by atoms with E-state index >= 15 is 0 Å². The van der Waals surface area contributed by atoms with Crippen LogP contribution >= 0.6 is 0 Å². The first-order chi connectivity index (χ1) is 14.2. The molecule has 1 atom stereocenters. The van der Waals surface area contributed by atoms with Crippen LogP contribution in [0.4, 0.5) is 0 Å². The average molecular weight is 411 g/mol. The highest BCUT2D eigenvalue weighted by molar-refractivity contribution is 5.88. The summed E-state index contributed by atoms with van der Waals surface area (Å²) >= 11 is 0. The van der Waals surface area contributed by atoms with E-state index in [4.69, 9.17) is 4.74 Å². The summed E-state index contributed by atoms with van der Waals surface area (Å²) in [4.78, 5) is 27.6. The molecule has 1 N–H and O–H groups in total. The maximum Gasteiger partial charge on any atom is 0.261 e. The van der Waals surface area contributed by atoms with Crippen LogP contribution in [-0.4, -0.2) is 35.4 Å². The monoisotopic (exact) mass is 410 g/mol. The number of nitrogens with zero attached hydrogens (tertiary/aromatic N) is 1. The minimum Gasteiger partial charge on any atom is -0.483 e. The smallest absolute Gasteiger partial charge is 0.261 e. The lowest BCUT2D eigenvalue weighted by molar-refractivity contribution is -0.143. The molecule has 0 bridgehead atoms. The second kappa shape index (κ2) is 10.8. The van der Waals surface area contributed by atoms with Gasteiger partial charge in [0.05, 0.1) is 0 Å². The van der Waals surface area contributed by atoms with E-state index in [2.05, 4.69) is 11.4 Å². The van der Waals surface area contributed by atoms with Crippen LogP contribution < -0.4 is 10.1 Å². The molecular weight excluding hydrogens is 376 g/mol. The first-order valence-corrected chi connectivity index (χ1v) is 10.6. The summed E-state index contributed by atoms with van der Waals surface area (Å²) in [5.41, 5.74) is 4.21. The molecule has 30 heavy (non-hydrogen) atoms. The molecule has 0 aromatic heterocycles. The highest BCUT2D eigenvalue weighted by Crippen LogP contribution is 2.23. The molecule has 2 aromatic rings. The van der Waals surface area contributed by atoms with Crippen LogP contribution in [0.5, 0.6) is 5.75 Å². The van der Waals surface area contributed by atoms with Crippen molar-refractivity contribution in [2.45, 2.75) is 66.6 Å². The number of rotatable bonds is 9. The highest BCUT2D eigenvalue weighted by atomic mass is 16.5. The lowest BCUT2D eigenvalue weighted by atomic mass is 10.1. The quantitative estimate of drug-likeness (QED) is 0.670. The van der Waals surface area contributed by atoms with Gasteiger partial charge in [-0.25, -0.2) is 0 Å². The van der Waals surface area contributed by atoms with E-state index in [1.165, 1.54) is 0 Å². The average Bonchev–Trinajstić information content (AvgIpc) is 2.69. The normalized spacial score (nSPS) is 11.8. The first-order valence-electron chi connectivity index (χ1n) is 10.6. The van der Waals surface area contributed by atoms with Gasteiger partial charge in [-0.15, -0.1) is 0 Å². The molecule has 0 spiro atoms. The summed E-state index contributed by atoms with van der Waals surface area (Å²) in [6, 6.07) is 13.2. The lowest BCUT2D eigenvalue weighted by Crippen LogP contribution is -2.51. The molecule has 0 aliphatic heterocycles. The number of aryl methyl sites for hydroxylation is 2. The van der Waals surface area contributed by atoms with E-state index in [1.54, 1.807) is 4.90 Å². The molecule has 0 radical (unpaired) electrons. The maximum atomic E-state index is 13.2. The van der Waals surface area contributed by atoms with Gasteiger partial charge in [-0.1, -0.05) is 43.3 Å². The molecule has 0 heterocycles. The van der Waals surface area contributed by atoms with Crippen molar-refractivity contribution in [3.05, 3.63) is 64.7 Å². The second-order valence-electron chi connectivity index (χ2n) is 8.09. The number of carbonyl (C=O) groups is 2. The zero-order chi connectivity index (χ0) is 22.3. The largest absolute Gasteiger partial charge is 0.483 e. The van der Waals surface area contributed by atoms with Crippen LogP contribution in [0.3, 0.4) is 0 Å². The van der Waals surface area contributed by atoms with E-state index < -0.39 is 6.04 Å². The molecule has 2 aromatic carbocycles. The van der Waals surface area contributed by atoms with E-state index in [0.29, 0.717) is 18.7 Å². The molecule has 0 fully saturated rings. The zero-order valence-corrected chi connectivity index (χ0v) is 19.0. The Morgan fingerprint density at radius 3 is 2.33 bits per heavy atom. The van der Waals surface area contributed by atoms with Gasteiger partial charge in [-0.05, 0) is 69.4 Å². The van der Waals surface area contributed by atoms with Crippen LogP contribution in [0, 0.1) is 20.8 Å². The van der Waals surface area contributed by atoms with E-state index in [-0.39, 0.29) is 24.5 Å². The lowest BCUT2D eigenvalue weighted by Gasteiger charge is -2.31. The molecule has 2 amide bonds. The summed E-state index contributed by atoms with van der Waals surface area (Å²) in [6.07, 6.45) is 0.527. The molecule has 2 rings (SSSR count). The highest BCUT2D eigenvalue weighted by Gasteiger charge is 2.29. The topological polar surface area (TPSA) is 58.6 Å². The Balaban J connectivity index is 2.24. The first kappa shape index (κ1) is 23.5. The fourth-order valence-corrected chi connectivity index (χ4v) is 3.45. The molecule has 162 valence electrons. The van der Waals surface area contributed by atoms with Crippen LogP contribution in [0.15, 0.2) is 42.5 Å². The Morgan fingerprint density at radius 2 is 1.73 bits per heavy atom. The third-order valence-electron chi connectivity index (χ3n) is 5.13. The van der Waals surface area contributed by atoms with Crippen LogP contribution in [-0.2, 0) is 16.1 Å². The third kappa shape index (κ3) is 6.34. The molecule has 1 unspecified atom stereocenters. The molecule has 5 heteroatoms. The van der Waals surface area contributed by atoms with Crippen molar-refractivity contribution >= 4 is 11.8 Å². The van der Waals surface area contributed by atoms with Crippen molar-refractivity contribution in [2.24, 2.45) is 0 Å². The van der Waals surface area contributed by atoms with E-state index in [9.17, 15) is 9.59 Å². The molecule has 5 nitrogen and oxygen atoms in total. The molecule has 0 aliphatic carbocycles. The molecule has 0 saturated heterocycles. The third-order valence-corrected chi connectivity index (χ3v) is 5.13. The standard InChI is InChI=1S/C25H34N2O3/c1-7-22(25(29)26-17(2)3)27(15-21-11-9-8-10-12-21)24(28)16-30-23-14-18(4)13-19(5)20(23)6/h8-14,17,22H,7,15-16H2,1-6H3,(H,26,29). The van der Waals surface area contributed by atoms with E-state index in [0.717, 1.165) is 22.3 Å². The Labute approximate surface area is 180 Å². The van der Waals surface area contributed by atoms with Gasteiger partial charge >= 0.3 is 0 Å². The van der Waals surface area contributed by atoms with Gasteiger partial charge in [-0.3, -0.25) is 9.59 Å². The van der Waals surface area contributed by atoms with Crippen molar-refractivity contribution < 1.29 is 14.3 Å². The second-order valence-corrected chi connectivity index (χ2v) is 8.09. The Kier molecular flexibility index (Phi) is 8.46. The maximum absolute atomic E-state index is 13.2. The van der Waals surface area contributed by atoms with Crippen LogP contribution in [0.25, 0.3) is 0 Å². The van der Waals surface area contributed by atoms with Crippen molar-refractivity contribution in [1.82, 2.24) is 10.2 Å². The van der Waals surface area contributed by atoms with Gasteiger partial charge in [0.1, 0.15) is 11.8 Å². The summed E-state index contributed by atoms with van der Waals surface area (Å²) in [5.74, 6) is 0.364.